The molecule has 0 spiro atoms. The molecule has 2 aromatic rings. The van der Waals surface area contributed by atoms with E-state index in [4.69, 9.17) is 5.11 Å². The van der Waals surface area contributed by atoms with Crippen molar-refractivity contribution in [1.29, 1.82) is 0 Å². The fourth-order valence-electron chi connectivity index (χ4n) is 5.42. The van der Waals surface area contributed by atoms with E-state index < -0.39 is 5.97 Å². The number of benzene rings is 2. The zero-order valence-electron chi connectivity index (χ0n) is 18.8. The van der Waals surface area contributed by atoms with Gasteiger partial charge in [-0.05, 0) is 72.9 Å². The molecule has 1 heterocycles. The van der Waals surface area contributed by atoms with E-state index in [2.05, 4.69) is 68.1 Å². The van der Waals surface area contributed by atoms with Gasteiger partial charge in [0.1, 0.15) is 0 Å². The molecule has 1 N–H and O–H groups in total. The molecular formula is C28H33NO2. The van der Waals surface area contributed by atoms with Crippen LogP contribution in [-0.2, 0) is 4.79 Å². The van der Waals surface area contributed by atoms with Crippen molar-refractivity contribution in [2.24, 2.45) is 5.92 Å². The maximum absolute atomic E-state index is 10.8. The zero-order chi connectivity index (χ0) is 22.0. The van der Waals surface area contributed by atoms with Crippen molar-refractivity contribution in [3.63, 3.8) is 0 Å². The largest absolute Gasteiger partial charge is 0.478 e. The predicted molar refractivity (Wildman–Crippen MR) is 128 cm³/mol. The third kappa shape index (κ3) is 4.52. The molecule has 1 saturated carbocycles. The molecule has 2 aliphatic rings. The van der Waals surface area contributed by atoms with Gasteiger partial charge in [-0.3, -0.25) is 4.90 Å². The van der Waals surface area contributed by atoms with E-state index in [0.717, 1.165) is 17.9 Å². The predicted octanol–water partition coefficient (Wildman–Crippen LogP) is 6.58. The maximum atomic E-state index is 10.8. The normalized spacial score (nSPS) is 26.8. The van der Waals surface area contributed by atoms with Crippen molar-refractivity contribution in [2.45, 2.75) is 64.6 Å². The first-order chi connectivity index (χ1) is 15.0. The van der Waals surface area contributed by atoms with Gasteiger partial charge in [-0.1, -0.05) is 67.9 Å². The fourth-order valence-corrected chi connectivity index (χ4v) is 5.42. The van der Waals surface area contributed by atoms with Crippen molar-refractivity contribution in [2.75, 3.05) is 0 Å². The van der Waals surface area contributed by atoms with Gasteiger partial charge in [0.25, 0.3) is 0 Å². The lowest BCUT2D eigenvalue weighted by Gasteiger charge is -2.52. The summed E-state index contributed by atoms with van der Waals surface area (Å²) in [5.74, 6) is -0.0562. The number of carboxylic acids is 1. The van der Waals surface area contributed by atoms with Crippen LogP contribution < -0.4 is 0 Å². The summed E-state index contributed by atoms with van der Waals surface area (Å²) in [6.45, 7) is 6.99. The highest BCUT2D eigenvalue weighted by molar-refractivity contribution is 5.85. The first-order valence-electron chi connectivity index (χ1n) is 11.5. The standard InChI is InChI=1S/C28H33NO2/c1-4-21-17-25(18-21)29-19(2)16-26(23-8-6-5-7-9-23)20(3)28(29)24-13-10-22(11-14-24)12-15-27(30)31/h5-15,19,21,25,28H,4,16-18H2,1-3H3,(H,30,31)/b15-12+. The minimum absolute atomic E-state index is 0.263. The molecule has 162 valence electrons. The monoisotopic (exact) mass is 415 g/mol. The lowest BCUT2D eigenvalue weighted by Crippen LogP contribution is -2.52. The Bertz CT molecular complexity index is 968. The van der Waals surface area contributed by atoms with Crippen molar-refractivity contribution < 1.29 is 9.90 Å². The van der Waals surface area contributed by atoms with Gasteiger partial charge in [-0.15, -0.1) is 0 Å². The highest BCUT2D eigenvalue weighted by Gasteiger charge is 2.42. The summed E-state index contributed by atoms with van der Waals surface area (Å²) in [6, 6.07) is 20.6. The Morgan fingerprint density at radius 2 is 1.77 bits per heavy atom. The first kappa shape index (κ1) is 21.6. The quantitative estimate of drug-likeness (QED) is 0.542. The molecule has 3 heteroatoms. The van der Waals surface area contributed by atoms with E-state index in [1.807, 2.05) is 12.1 Å². The van der Waals surface area contributed by atoms with E-state index in [-0.39, 0.29) is 6.04 Å². The van der Waals surface area contributed by atoms with E-state index >= 15 is 0 Å². The average molecular weight is 416 g/mol. The Morgan fingerprint density at radius 3 is 2.39 bits per heavy atom. The van der Waals surface area contributed by atoms with Crippen molar-refractivity contribution in [3.05, 3.63) is 82.9 Å². The van der Waals surface area contributed by atoms with Gasteiger partial charge in [0.15, 0.2) is 0 Å². The third-order valence-electron chi connectivity index (χ3n) is 7.20. The van der Waals surface area contributed by atoms with Gasteiger partial charge in [0, 0.05) is 18.2 Å². The molecule has 0 radical (unpaired) electrons. The van der Waals surface area contributed by atoms with Crippen LogP contribution in [0.4, 0.5) is 0 Å². The lowest BCUT2D eigenvalue weighted by atomic mass is 9.73. The second-order valence-electron chi connectivity index (χ2n) is 9.17. The lowest BCUT2D eigenvalue weighted by molar-refractivity contribution is -0.131. The van der Waals surface area contributed by atoms with Crippen LogP contribution in [0.3, 0.4) is 0 Å². The van der Waals surface area contributed by atoms with Crippen LogP contribution in [0.1, 0.15) is 69.2 Å². The van der Waals surface area contributed by atoms with Crippen LogP contribution in [0.5, 0.6) is 0 Å². The Hall–Kier alpha value is -2.65. The summed E-state index contributed by atoms with van der Waals surface area (Å²) in [5.41, 5.74) is 6.46. The van der Waals surface area contributed by atoms with Gasteiger partial charge in [-0.2, -0.15) is 0 Å². The summed E-state index contributed by atoms with van der Waals surface area (Å²) < 4.78 is 0. The third-order valence-corrected chi connectivity index (χ3v) is 7.20. The molecule has 0 saturated heterocycles. The minimum atomic E-state index is -0.918. The molecule has 0 aromatic heterocycles. The van der Waals surface area contributed by atoms with Gasteiger partial charge >= 0.3 is 5.97 Å². The molecule has 1 aliphatic carbocycles. The molecule has 0 amide bonds. The number of carbonyl (C=O) groups is 1. The zero-order valence-corrected chi connectivity index (χ0v) is 18.8. The van der Waals surface area contributed by atoms with Gasteiger partial charge in [-0.25, -0.2) is 4.79 Å². The van der Waals surface area contributed by atoms with Gasteiger partial charge < -0.3 is 5.11 Å². The van der Waals surface area contributed by atoms with Crippen LogP contribution in [0, 0.1) is 5.92 Å². The smallest absolute Gasteiger partial charge is 0.328 e. The van der Waals surface area contributed by atoms with Crippen LogP contribution in [-0.4, -0.2) is 28.1 Å². The number of aliphatic carboxylic acids is 1. The summed E-state index contributed by atoms with van der Waals surface area (Å²) in [4.78, 5) is 13.6. The number of nitrogens with zero attached hydrogens (tertiary/aromatic N) is 1. The molecule has 1 fully saturated rings. The SMILES string of the molecule is CCC1CC(N2C(C)CC(c3ccccc3)=C(C)C2c2ccc(/C=C/C(=O)O)cc2)C1. The highest BCUT2D eigenvalue weighted by Crippen LogP contribution is 2.48. The summed E-state index contributed by atoms with van der Waals surface area (Å²) >= 11 is 0. The van der Waals surface area contributed by atoms with Crippen LogP contribution in [0.2, 0.25) is 0 Å². The Morgan fingerprint density at radius 1 is 1.10 bits per heavy atom. The van der Waals surface area contributed by atoms with E-state index in [1.54, 1.807) is 6.08 Å². The molecular weight excluding hydrogens is 382 g/mol. The molecule has 0 bridgehead atoms. The molecule has 2 aromatic carbocycles. The molecule has 2 atom stereocenters. The molecule has 2 unspecified atom stereocenters. The van der Waals surface area contributed by atoms with Crippen LogP contribution in [0.15, 0.2) is 66.2 Å². The van der Waals surface area contributed by atoms with Crippen LogP contribution in [0.25, 0.3) is 11.6 Å². The molecule has 31 heavy (non-hydrogen) atoms. The first-order valence-corrected chi connectivity index (χ1v) is 11.5. The van der Waals surface area contributed by atoms with Crippen molar-refractivity contribution >= 4 is 17.6 Å². The summed E-state index contributed by atoms with van der Waals surface area (Å²) in [6.07, 6.45) is 7.80. The average Bonchev–Trinajstić information content (AvgIpc) is 2.75. The Balaban J connectivity index is 1.72. The van der Waals surface area contributed by atoms with Gasteiger partial charge in [0.2, 0.25) is 0 Å². The summed E-state index contributed by atoms with van der Waals surface area (Å²) in [5, 5.41) is 8.91. The van der Waals surface area contributed by atoms with Crippen molar-refractivity contribution in [1.82, 2.24) is 4.90 Å². The number of hydrogen-bond acceptors (Lipinski definition) is 2. The number of rotatable bonds is 6. The highest BCUT2D eigenvalue weighted by atomic mass is 16.4. The second-order valence-corrected chi connectivity index (χ2v) is 9.17. The molecule has 4 rings (SSSR count). The number of hydrogen-bond donors (Lipinski definition) is 1. The Kier molecular flexibility index (Phi) is 6.43. The van der Waals surface area contributed by atoms with E-state index in [1.165, 1.54) is 47.6 Å². The minimum Gasteiger partial charge on any atom is -0.478 e. The van der Waals surface area contributed by atoms with E-state index in [0.29, 0.717) is 12.1 Å². The van der Waals surface area contributed by atoms with Crippen molar-refractivity contribution in [3.8, 4) is 0 Å². The fraction of sp³-hybridized carbons (Fsp3) is 0.393. The second kappa shape index (κ2) is 9.23. The maximum Gasteiger partial charge on any atom is 0.328 e. The van der Waals surface area contributed by atoms with E-state index in [9.17, 15) is 4.79 Å². The number of carboxylic acid groups (broad SMARTS) is 1. The Labute approximate surface area is 186 Å². The molecule has 3 nitrogen and oxygen atoms in total. The topological polar surface area (TPSA) is 40.5 Å². The van der Waals surface area contributed by atoms with Gasteiger partial charge in [0.05, 0.1) is 6.04 Å². The summed E-state index contributed by atoms with van der Waals surface area (Å²) in [7, 11) is 0. The van der Waals surface area contributed by atoms with Crippen LogP contribution >= 0.6 is 0 Å². The molecule has 1 aliphatic heterocycles.